The van der Waals surface area contributed by atoms with Crippen molar-refractivity contribution < 1.29 is 9.47 Å². The Morgan fingerprint density at radius 2 is 1.50 bits per heavy atom. The summed E-state index contributed by atoms with van der Waals surface area (Å²) in [5, 5.41) is 2.43. The van der Waals surface area contributed by atoms with Gasteiger partial charge in [0.1, 0.15) is 17.6 Å². The Labute approximate surface area is 164 Å². The van der Waals surface area contributed by atoms with E-state index in [1.165, 1.54) is 21.9 Å². The van der Waals surface area contributed by atoms with Crippen LogP contribution >= 0.6 is 0 Å². The van der Waals surface area contributed by atoms with E-state index in [2.05, 4.69) is 78.9 Å². The number of benzene rings is 4. The van der Waals surface area contributed by atoms with Gasteiger partial charge in [0.05, 0.1) is 7.11 Å². The van der Waals surface area contributed by atoms with Crippen molar-refractivity contribution in [2.24, 2.45) is 0 Å². The van der Waals surface area contributed by atoms with Crippen molar-refractivity contribution in [3.63, 3.8) is 0 Å². The highest BCUT2D eigenvalue weighted by Crippen LogP contribution is 2.44. The minimum atomic E-state index is -0.144. The van der Waals surface area contributed by atoms with Crippen molar-refractivity contribution in [2.75, 3.05) is 7.11 Å². The smallest absolute Gasteiger partial charge is 0.143 e. The maximum atomic E-state index is 6.43. The molecule has 0 bridgehead atoms. The van der Waals surface area contributed by atoms with Crippen molar-refractivity contribution in [2.45, 2.75) is 6.10 Å². The predicted molar refractivity (Wildman–Crippen MR) is 114 cm³/mol. The molecular formula is C26H20O2. The van der Waals surface area contributed by atoms with Crippen LogP contribution in [0.4, 0.5) is 0 Å². The Bertz CT molecular complexity index is 1160. The van der Waals surface area contributed by atoms with Crippen molar-refractivity contribution >= 4 is 16.3 Å². The topological polar surface area (TPSA) is 18.5 Å². The van der Waals surface area contributed by atoms with Crippen LogP contribution < -0.4 is 9.47 Å². The fourth-order valence-corrected chi connectivity index (χ4v) is 3.85. The highest BCUT2D eigenvalue weighted by atomic mass is 16.5. The molecule has 2 heteroatoms. The van der Waals surface area contributed by atoms with Crippen LogP contribution in [0.25, 0.3) is 16.3 Å². The molecule has 0 saturated heterocycles. The van der Waals surface area contributed by atoms with E-state index in [0.717, 1.165) is 22.6 Å². The molecule has 1 atom stereocenters. The van der Waals surface area contributed by atoms with Crippen molar-refractivity contribution in [1.29, 1.82) is 0 Å². The van der Waals surface area contributed by atoms with E-state index < -0.39 is 0 Å². The summed E-state index contributed by atoms with van der Waals surface area (Å²) in [6.07, 6.45) is 2.08. The molecule has 0 amide bonds. The zero-order chi connectivity index (χ0) is 18.9. The molecule has 136 valence electrons. The van der Waals surface area contributed by atoms with Crippen LogP contribution in [-0.2, 0) is 0 Å². The van der Waals surface area contributed by atoms with Gasteiger partial charge >= 0.3 is 0 Å². The van der Waals surface area contributed by atoms with Gasteiger partial charge in [-0.15, -0.1) is 0 Å². The summed E-state index contributed by atoms with van der Waals surface area (Å²) >= 11 is 0. The summed E-state index contributed by atoms with van der Waals surface area (Å²) in [4.78, 5) is 0. The van der Waals surface area contributed by atoms with E-state index in [4.69, 9.17) is 9.47 Å². The van der Waals surface area contributed by atoms with E-state index in [-0.39, 0.29) is 6.10 Å². The minimum Gasteiger partial charge on any atom is -0.497 e. The second-order valence-electron chi connectivity index (χ2n) is 6.92. The van der Waals surface area contributed by atoms with Crippen LogP contribution in [0.5, 0.6) is 11.5 Å². The molecule has 1 heterocycles. The molecule has 1 aliphatic rings. The quantitative estimate of drug-likeness (QED) is 0.418. The van der Waals surface area contributed by atoms with Crippen LogP contribution in [-0.4, -0.2) is 7.11 Å². The average Bonchev–Trinajstić information content (AvgIpc) is 2.79. The van der Waals surface area contributed by atoms with Gasteiger partial charge in [0.25, 0.3) is 0 Å². The SMILES string of the molecule is COc1ccc(C2C=C(c3ccccc3)c3c(ccc4ccccc34)O2)cc1. The molecule has 0 N–H and O–H groups in total. The van der Waals surface area contributed by atoms with Gasteiger partial charge in [-0.05, 0) is 51.7 Å². The maximum absolute atomic E-state index is 6.43. The summed E-state index contributed by atoms with van der Waals surface area (Å²) in [6, 6.07) is 31.3. The van der Waals surface area contributed by atoms with Gasteiger partial charge in [-0.1, -0.05) is 72.8 Å². The first-order valence-electron chi connectivity index (χ1n) is 9.43. The third kappa shape index (κ3) is 2.84. The summed E-state index contributed by atoms with van der Waals surface area (Å²) < 4.78 is 11.7. The Hall–Kier alpha value is -3.52. The highest BCUT2D eigenvalue weighted by molar-refractivity contribution is 6.01. The van der Waals surface area contributed by atoms with Gasteiger partial charge in [-0.2, -0.15) is 0 Å². The van der Waals surface area contributed by atoms with Crippen LogP contribution in [0.1, 0.15) is 22.8 Å². The molecule has 0 aliphatic carbocycles. The van der Waals surface area contributed by atoms with Crippen LogP contribution in [0.3, 0.4) is 0 Å². The van der Waals surface area contributed by atoms with Gasteiger partial charge in [-0.3, -0.25) is 0 Å². The van der Waals surface area contributed by atoms with E-state index in [1.54, 1.807) is 7.11 Å². The number of hydrogen-bond donors (Lipinski definition) is 0. The van der Waals surface area contributed by atoms with Gasteiger partial charge in [0, 0.05) is 5.56 Å². The van der Waals surface area contributed by atoms with Gasteiger partial charge in [0.15, 0.2) is 0 Å². The third-order valence-electron chi connectivity index (χ3n) is 5.26. The monoisotopic (exact) mass is 364 g/mol. The fraction of sp³-hybridized carbons (Fsp3) is 0.0769. The standard InChI is InChI=1S/C26H20O2/c1-27-21-14-11-20(12-15-21)25-17-23(18-7-3-2-4-8-18)26-22-10-6-5-9-19(22)13-16-24(26)28-25/h2-17,25H,1H3. The Morgan fingerprint density at radius 1 is 0.750 bits per heavy atom. The molecule has 28 heavy (non-hydrogen) atoms. The summed E-state index contributed by atoms with van der Waals surface area (Å²) in [5.41, 5.74) is 4.67. The summed E-state index contributed by atoms with van der Waals surface area (Å²) in [6.45, 7) is 0. The molecule has 0 saturated carbocycles. The summed E-state index contributed by atoms with van der Waals surface area (Å²) in [7, 11) is 1.68. The Morgan fingerprint density at radius 3 is 2.29 bits per heavy atom. The second kappa shape index (κ2) is 6.90. The molecule has 0 radical (unpaired) electrons. The number of ether oxygens (including phenoxy) is 2. The predicted octanol–water partition coefficient (Wildman–Crippen LogP) is 6.41. The van der Waals surface area contributed by atoms with Crippen molar-refractivity contribution in [1.82, 2.24) is 0 Å². The fourth-order valence-electron chi connectivity index (χ4n) is 3.85. The molecule has 5 rings (SSSR count). The lowest BCUT2D eigenvalue weighted by Gasteiger charge is -2.27. The zero-order valence-electron chi connectivity index (χ0n) is 15.6. The van der Waals surface area contributed by atoms with Crippen LogP contribution in [0, 0.1) is 0 Å². The molecule has 4 aromatic rings. The zero-order valence-corrected chi connectivity index (χ0v) is 15.6. The average molecular weight is 364 g/mol. The van der Waals surface area contributed by atoms with Gasteiger partial charge in [0.2, 0.25) is 0 Å². The van der Waals surface area contributed by atoms with E-state index in [1.807, 2.05) is 18.2 Å². The molecule has 0 spiro atoms. The lowest BCUT2D eigenvalue weighted by atomic mass is 9.88. The first kappa shape index (κ1) is 16.6. The largest absolute Gasteiger partial charge is 0.497 e. The summed E-state index contributed by atoms with van der Waals surface area (Å²) in [5.74, 6) is 1.76. The lowest BCUT2D eigenvalue weighted by molar-refractivity contribution is 0.251. The molecule has 0 fully saturated rings. The molecule has 4 aromatic carbocycles. The molecule has 2 nitrogen and oxygen atoms in total. The van der Waals surface area contributed by atoms with E-state index in [9.17, 15) is 0 Å². The molecule has 1 unspecified atom stereocenters. The van der Waals surface area contributed by atoms with E-state index >= 15 is 0 Å². The number of methoxy groups -OCH3 is 1. The van der Waals surface area contributed by atoms with E-state index in [0.29, 0.717) is 0 Å². The Balaban J connectivity index is 1.70. The lowest BCUT2D eigenvalue weighted by Crippen LogP contribution is -2.12. The highest BCUT2D eigenvalue weighted by Gasteiger charge is 2.24. The normalized spacial score (nSPS) is 15.5. The van der Waals surface area contributed by atoms with Gasteiger partial charge < -0.3 is 9.47 Å². The number of rotatable bonds is 3. The first-order valence-corrected chi connectivity index (χ1v) is 9.43. The van der Waals surface area contributed by atoms with Gasteiger partial charge in [-0.25, -0.2) is 0 Å². The molecule has 0 aromatic heterocycles. The van der Waals surface area contributed by atoms with Crippen LogP contribution in [0.15, 0.2) is 97.1 Å². The van der Waals surface area contributed by atoms with Crippen molar-refractivity contribution in [3.8, 4) is 11.5 Å². The number of fused-ring (bicyclic) bond motifs is 3. The minimum absolute atomic E-state index is 0.144. The molecule has 1 aliphatic heterocycles. The Kier molecular flexibility index (Phi) is 4.10. The second-order valence-corrected chi connectivity index (χ2v) is 6.92. The first-order chi connectivity index (χ1) is 13.8. The number of hydrogen-bond acceptors (Lipinski definition) is 2. The van der Waals surface area contributed by atoms with Crippen LogP contribution in [0.2, 0.25) is 0 Å². The van der Waals surface area contributed by atoms with Crippen molar-refractivity contribution in [3.05, 3.63) is 114 Å². The maximum Gasteiger partial charge on any atom is 0.143 e. The third-order valence-corrected chi connectivity index (χ3v) is 5.26. The molecular weight excluding hydrogens is 344 g/mol.